The van der Waals surface area contributed by atoms with E-state index in [1.165, 1.54) is 0 Å². The molecule has 3 aliphatic rings. The number of nitrogens with zero attached hydrogens (tertiary/aromatic N) is 3. The third kappa shape index (κ3) is 4.09. The maximum Gasteiger partial charge on any atom is 0.223 e. The highest BCUT2D eigenvalue weighted by atomic mass is 16.7. The highest BCUT2D eigenvalue weighted by Crippen LogP contribution is 2.32. The highest BCUT2D eigenvalue weighted by molar-refractivity contribution is 5.78. The Kier molecular flexibility index (Phi) is 5.76. The second-order valence-electron chi connectivity index (χ2n) is 7.80. The number of carbonyl (C=O) groups is 2. The number of hydrogen-bond acceptors (Lipinski definition) is 4. The van der Waals surface area contributed by atoms with Crippen molar-refractivity contribution in [3.63, 3.8) is 0 Å². The van der Waals surface area contributed by atoms with Gasteiger partial charge < -0.3 is 9.80 Å². The van der Waals surface area contributed by atoms with Crippen LogP contribution in [0.5, 0.6) is 0 Å². The van der Waals surface area contributed by atoms with Crippen molar-refractivity contribution in [2.45, 2.75) is 52.0 Å². The zero-order valence-corrected chi connectivity index (χ0v) is 15.1. The zero-order valence-electron chi connectivity index (χ0n) is 15.1. The van der Waals surface area contributed by atoms with Gasteiger partial charge >= 0.3 is 0 Å². The Morgan fingerprint density at radius 2 is 2.12 bits per heavy atom. The Balaban J connectivity index is 1.52. The van der Waals surface area contributed by atoms with Gasteiger partial charge in [-0.2, -0.15) is 5.06 Å². The van der Waals surface area contributed by atoms with E-state index in [0.717, 1.165) is 52.0 Å². The summed E-state index contributed by atoms with van der Waals surface area (Å²) >= 11 is 0. The van der Waals surface area contributed by atoms with Crippen LogP contribution in [0.25, 0.3) is 0 Å². The molecule has 3 fully saturated rings. The molecule has 0 aliphatic carbocycles. The number of amides is 2. The molecule has 0 aromatic rings. The average molecular weight is 337 g/mol. The molecule has 0 bridgehead atoms. The fourth-order valence-corrected chi connectivity index (χ4v) is 4.26. The van der Waals surface area contributed by atoms with Gasteiger partial charge in [-0.1, -0.05) is 13.8 Å². The summed E-state index contributed by atoms with van der Waals surface area (Å²) in [7, 11) is 0. The molecule has 3 heterocycles. The maximum atomic E-state index is 12.5. The first-order chi connectivity index (χ1) is 11.5. The molecule has 3 aliphatic heterocycles. The van der Waals surface area contributed by atoms with Gasteiger partial charge in [0.1, 0.15) is 0 Å². The smallest absolute Gasteiger partial charge is 0.223 e. The van der Waals surface area contributed by atoms with Gasteiger partial charge in [0.15, 0.2) is 0 Å². The molecule has 0 aromatic heterocycles. The van der Waals surface area contributed by atoms with E-state index in [1.54, 1.807) is 0 Å². The fraction of sp³-hybridized carbons (Fsp3) is 0.889. The fourth-order valence-electron chi connectivity index (χ4n) is 4.26. The predicted molar refractivity (Wildman–Crippen MR) is 91.0 cm³/mol. The summed E-state index contributed by atoms with van der Waals surface area (Å²) in [5.74, 6) is 1.47. The topological polar surface area (TPSA) is 53.1 Å². The SMILES string of the molecule is CC(C)CN1C(=O)CC[C@H]2CN(C(=O)CCN3CCCO3)CC[C@H]21. The summed E-state index contributed by atoms with van der Waals surface area (Å²) in [6.45, 7) is 9.17. The summed E-state index contributed by atoms with van der Waals surface area (Å²) < 4.78 is 0. The van der Waals surface area contributed by atoms with Crippen LogP contribution in [0.15, 0.2) is 0 Å². The van der Waals surface area contributed by atoms with Crippen molar-refractivity contribution in [3.05, 3.63) is 0 Å². The van der Waals surface area contributed by atoms with E-state index in [1.807, 2.05) is 9.96 Å². The first kappa shape index (κ1) is 17.7. The van der Waals surface area contributed by atoms with Gasteiger partial charge in [0.25, 0.3) is 0 Å². The molecule has 136 valence electrons. The largest absolute Gasteiger partial charge is 0.342 e. The lowest BCUT2D eigenvalue weighted by Gasteiger charge is -2.47. The average Bonchev–Trinajstić information content (AvgIpc) is 3.08. The van der Waals surface area contributed by atoms with Gasteiger partial charge in [-0.15, -0.1) is 0 Å². The molecule has 6 heteroatoms. The number of hydroxylamine groups is 2. The number of fused-ring (bicyclic) bond motifs is 1. The molecule has 2 amide bonds. The van der Waals surface area contributed by atoms with Gasteiger partial charge in [-0.25, -0.2) is 0 Å². The first-order valence-electron chi connectivity index (χ1n) is 9.49. The molecule has 0 aromatic carbocycles. The van der Waals surface area contributed by atoms with Crippen molar-refractivity contribution in [3.8, 4) is 0 Å². The lowest BCUT2D eigenvalue weighted by Crippen LogP contribution is -2.57. The Morgan fingerprint density at radius 3 is 2.83 bits per heavy atom. The summed E-state index contributed by atoms with van der Waals surface area (Å²) in [6.07, 6.45) is 4.08. The van der Waals surface area contributed by atoms with Crippen LogP contribution in [0.2, 0.25) is 0 Å². The van der Waals surface area contributed by atoms with Crippen LogP contribution in [0.1, 0.15) is 46.0 Å². The van der Waals surface area contributed by atoms with E-state index in [9.17, 15) is 9.59 Å². The number of rotatable bonds is 5. The van der Waals surface area contributed by atoms with Gasteiger partial charge in [0.2, 0.25) is 11.8 Å². The van der Waals surface area contributed by atoms with Gasteiger partial charge in [-0.05, 0) is 31.1 Å². The van der Waals surface area contributed by atoms with E-state index in [4.69, 9.17) is 4.84 Å². The van der Waals surface area contributed by atoms with Crippen molar-refractivity contribution >= 4 is 11.8 Å². The van der Waals surface area contributed by atoms with Crippen molar-refractivity contribution < 1.29 is 14.4 Å². The first-order valence-corrected chi connectivity index (χ1v) is 9.49. The second-order valence-corrected chi connectivity index (χ2v) is 7.80. The van der Waals surface area contributed by atoms with Crippen LogP contribution in [0.3, 0.4) is 0 Å². The third-order valence-corrected chi connectivity index (χ3v) is 5.46. The molecular formula is C18H31N3O3. The molecule has 0 spiro atoms. The van der Waals surface area contributed by atoms with Crippen molar-refractivity contribution in [1.82, 2.24) is 14.9 Å². The second kappa shape index (κ2) is 7.83. The standard InChI is InChI=1S/C18H31N3O3/c1-14(2)12-21-16-6-9-19(13-15(16)4-5-18(21)23)17(22)7-10-20-8-3-11-24-20/h14-16H,3-13H2,1-2H3/t15-,16+/m0/s1. The molecule has 0 N–H and O–H groups in total. The monoisotopic (exact) mass is 337 g/mol. The van der Waals surface area contributed by atoms with Crippen molar-refractivity contribution in [1.29, 1.82) is 0 Å². The van der Waals surface area contributed by atoms with Gasteiger partial charge in [-0.3, -0.25) is 14.4 Å². The zero-order chi connectivity index (χ0) is 17.1. The maximum absolute atomic E-state index is 12.5. The van der Waals surface area contributed by atoms with E-state index in [0.29, 0.717) is 43.2 Å². The minimum Gasteiger partial charge on any atom is -0.342 e. The number of likely N-dealkylation sites (tertiary alicyclic amines) is 2. The predicted octanol–water partition coefficient (Wildman–Crippen LogP) is 1.51. The van der Waals surface area contributed by atoms with Gasteiger partial charge in [0, 0.05) is 51.6 Å². The van der Waals surface area contributed by atoms with Crippen LogP contribution < -0.4 is 0 Å². The molecule has 0 unspecified atom stereocenters. The molecule has 2 atom stereocenters. The molecule has 3 rings (SSSR count). The quantitative estimate of drug-likeness (QED) is 0.763. The lowest BCUT2D eigenvalue weighted by atomic mass is 9.83. The van der Waals surface area contributed by atoms with Crippen LogP contribution in [-0.4, -0.2) is 72.0 Å². The van der Waals surface area contributed by atoms with E-state index in [-0.39, 0.29) is 5.91 Å². The normalized spacial score (nSPS) is 28.5. The van der Waals surface area contributed by atoms with Crippen LogP contribution >= 0.6 is 0 Å². The Labute approximate surface area is 145 Å². The summed E-state index contributed by atoms with van der Waals surface area (Å²) in [5, 5.41) is 1.91. The molecule has 3 saturated heterocycles. The van der Waals surface area contributed by atoms with Crippen molar-refractivity contribution in [2.24, 2.45) is 11.8 Å². The molecular weight excluding hydrogens is 306 g/mol. The molecule has 6 nitrogen and oxygen atoms in total. The number of carbonyl (C=O) groups excluding carboxylic acids is 2. The summed E-state index contributed by atoms with van der Waals surface area (Å²) in [6, 6.07) is 0.333. The van der Waals surface area contributed by atoms with Gasteiger partial charge in [0.05, 0.1) is 6.61 Å². The van der Waals surface area contributed by atoms with Crippen LogP contribution in [-0.2, 0) is 14.4 Å². The van der Waals surface area contributed by atoms with Crippen LogP contribution in [0, 0.1) is 11.8 Å². The Morgan fingerprint density at radius 1 is 1.29 bits per heavy atom. The number of piperidine rings is 2. The van der Waals surface area contributed by atoms with E-state index < -0.39 is 0 Å². The molecule has 24 heavy (non-hydrogen) atoms. The van der Waals surface area contributed by atoms with Crippen molar-refractivity contribution in [2.75, 3.05) is 39.3 Å². The lowest BCUT2D eigenvalue weighted by molar-refractivity contribution is -0.147. The third-order valence-electron chi connectivity index (χ3n) is 5.46. The van der Waals surface area contributed by atoms with E-state index >= 15 is 0 Å². The number of hydrogen-bond donors (Lipinski definition) is 0. The summed E-state index contributed by atoms with van der Waals surface area (Å²) in [5.41, 5.74) is 0. The molecule has 0 radical (unpaired) electrons. The van der Waals surface area contributed by atoms with Crippen LogP contribution in [0.4, 0.5) is 0 Å². The summed E-state index contributed by atoms with van der Waals surface area (Å²) in [4.78, 5) is 34.4. The van der Waals surface area contributed by atoms with E-state index in [2.05, 4.69) is 18.7 Å². The Hall–Kier alpha value is -1.14. The molecule has 0 saturated carbocycles. The highest BCUT2D eigenvalue weighted by Gasteiger charge is 2.40. The Bertz CT molecular complexity index is 462. The minimum absolute atomic E-state index is 0.233. The minimum atomic E-state index is 0.233.